The molecule has 4 aromatic rings. The van der Waals surface area contributed by atoms with E-state index in [9.17, 15) is 9.59 Å². The summed E-state index contributed by atoms with van der Waals surface area (Å²) in [6.45, 7) is 2.02. The average molecular weight is 320 g/mol. The van der Waals surface area contributed by atoms with Gasteiger partial charge in [0.25, 0.3) is 0 Å². The highest BCUT2D eigenvalue weighted by atomic mass is 32.1. The van der Waals surface area contributed by atoms with Crippen molar-refractivity contribution in [3.8, 4) is 10.4 Å². The van der Waals surface area contributed by atoms with Gasteiger partial charge in [-0.2, -0.15) is 0 Å². The number of fused-ring (bicyclic) bond motifs is 3. The van der Waals surface area contributed by atoms with Crippen LogP contribution >= 0.6 is 11.3 Å². The molecule has 0 saturated carbocycles. The van der Waals surface area contributed by atoms with E-state index in [1.54, 1.807) is 6.07 Å². The van der Waals surface area contributed by atoms with Crippen LogP contribution in [0.25, 0.3) is 31.5 Å². The monoisotopic (exact) mass is 320 g/mol. The van der Waals surface area contributed by atoms with Crippen molar-refractivity contribution in [1.82, 2.24) is 0 Å². The van der Waals surface area contributed by atoms with E-state index in [-0.39, 0.29) is 10.8 Å². The molecule has 0 spiro atoms. The molecule has 0 unspecified atom stereocenters. The molecule has 23 heavy (non-hydrogen) atoms. The van der Waals surface area contributed by atoms with Gasteiger partial charge in [-0.05, 0) is 24.6 Å². The van der Waals surface area contributed by atoms with Crippen molar-refractivity contribution >= 4 is 32.4 Å². The first-order valence-electron chi connectivity index (χ1n) is 7.20. The van der Waals surface area contributed by atoms with Crippen LogP contribution in [0.3, 0.4) is 0 Å². The zero-order valence-corrected chi connectivity index (χ0v) is 13.1. The van der Waals surface area contributed by atoms with Crippen molar-refractivity contribution in [3.63, 3.8) is 0 Å². The second-order valence-corrected chi connectivity index (χ2v) is 6.48. The number of benzene rings is 2. The Labute approximate surface area is 135 Å². The van der Waals surface area contributed by atoms with Gasteiger partial charge in [0.05, 0.1) is 4.70 Å². The van der Waals surface area contributed by atoms with Gasteiger partial charge in [-0.25, -0.2) is 4.79 Å². The average Bonchev–Trinajstić information content (AvgIpc) is 2.55. The highest BCUT2D eigenvalue weighted by molar-refractivity contribution is 7.22. The Bertz CT molecular complexity index is 1150. The summed E-state index contributed by atoms with van der Waals surface area (Å²) in [6.07, 6.45) is 0. The molecule has 0 aliphatic heterocycles. The van der Waals surface area contributed by atoms with Crippen LogP contribution in [0.15, 0.2) is 68.6 Å². The van der Waals surface area contributed by atoms with Crippen LogP contribution in [0.2, 0.25) is 0 Å². The number of para-hydroxylation sites is 1. The molecule has 2 aromatic heterocycles. The van der Waals surface area contributed by atoms with E-state index < -0.39 is 5.63 Å². The molecule has 0 aliphatic carbocycles. The van der Waals surface area contributed by atoms with Crippen LogP contribution in [-0.2, 0) is 0 Å². The van der Waals surface area contributed by atoms with Crippen LogP contribution in [0.5, 0.6) is 0 Å². The van der Waals surface area contributed by atoms with Gasteiger partial charge in [0.1, 0.15) is 11.0 Å². The van der Waals surface area contributed by atoms with E-state index >= 15 is 0 Å². The molecule has 0 fully saturated rings. The SMILES string of the molecule is Cc1ccc(-c2cc(=O)c3c(=O)oc4ccccc4c3s2)cc1. The van der Waals surface area contributed by atoms with Crippen molar-refractivity contribution in [2.75, 3.05) is 0 Å². The molecular weight excluding hydrogens is 308 g/mol. The molecule has 2 heterocycles. The van der Waals surface area contributed by atoms with E-state index in [1.807, 2.05) is 49.4 Å². The van der Waals surface area contributed by atoms with Gasteiger partial charge in [-0.15, -0.1) is 11.3 Å². The summed E-state index contributed by atoms with van der Waals surface area (Å²) >= 11 is 1.44. The zero-order chi connectivity index (χ0) is 16.0. The third kappa shape index (κ3) is 2.28. The molecule has 0 radical (unpaired) electrons. The van der Waals surface area contributed by atoms with Crippen LogP contribution in [0.4, 0.5) is 0 Å². The maximum atomic E-state index is 12.5. The number of aryl methyl sites for hydroxylation is 1. The first-order chi connectivity index (χ1) is 11.1. The molecule has 2 aromatic carbocycles. The normalized spacial score (nSPS) is 11.2. The van der Waals surface area contributed by atoms with Gasteiger partial charge < -0.3 is 4.42 Å². The third-order valence-corrected chi connectivity index (χ3v) is 5.02. The minimum atomic E-state index is -0.574. The van der Waals surface area contributed by atoms with Gasteiger partial charge in [-0.3, -0.25) is 4.79 Å². The molecular formula is C19H12O3S. The fourth-order valence-electron chi connectivity index (χ4n) is 2.63. The molecule has 0 atom stereocenters. The smallest absolute Gasteiger partial charge is 0.349 e. The third-order valence-electron chi connectivity index (χ3n) is 3.82. The number of hydrogen-bond acceptors (Lipinski definition) is 4. The summed E-state index contributed by atoms with van der Waals surface area (Å²) in [4.78, 5) is 25.4. The Morgan fingerprint density at radius 1 is 0.957 bits per heavy atom. The lowest BCUT2D eigenvalue weighted by molar-refractivity contribution is 0.569. The van der Waals surface area contributed by atoms with Crippen molar-refractivity contribution in [2.24, 2.45) is 0 Å². The zero-order valence-electron chi connectivity index (χ0n) is 12.3. The van der Waals surface area contributed by atoms with E-state index in [0.29, 0.717) is 10.3 Å². The van der Waals surface area contributed by atoms with Crippen LogP contribution in [-0.4, -0.2) is 0 Å². The van der Waals surface area contributed by atoms with Crippen molar-refractivity contribution in [1.29, 1.82) is 0 Å². The van der Waals surface area contributed by atoms with Crippen LogP contribution in [0.1, 0.15) is 5.56 Å². The lowest BCUT2D eigenvalue weighted by Gasteiger charge is -2.05. The molecule has 4 rings (SSSR count). The Kier molecular flexibility index (Phi) is 3.13. The highest BCUT2D eigenvalue weighted by Gasteiger charge is 2.13. The maximum absolute atomic E-state index is 12.5. The maximum Gasteiger partial charge on any atom is 0.349 e. The van der Waals surface area contributed by atoms with Gasteiger partial charge >= 0.3 is 5.63 Å². The molecule has 112 valence electrons. The summed E-state index contributed by atoms with van der Waals surface area (Å²) in [5.41, 5.74) is 1.76. The summed E-state index contributed by atoms with van der Waals surface area (Å²) < 4.78 is 5.95. The fraction of sp³-hybridized carbons (Fsp3) is 0.0526. The minimum absolute atomic E-state index is 0.129. The summed E-state index contributed by atoms with van der Waals surface area (Å²) in [5.74, 6) is 0. The predicted octanol–water partition coefficient (Wildman–Crippen LogP) is 4.34. The van der Waals surface area contributed by atoms with Gasteiger partial charge in [0.2, 0.25) is 0 Å². The summed E-state index contributed by atoms with van der Waals surface area (Å²) in [7, 11) is 0. The van der Waals surface area contributed by atoms with Gasteiger partial charge in [-0.1, -0.05) is 42.0 Å². The van der Waals surface area contributed by atoms with Crippen molar-refractivity contribution in [2.45, 2.75) is 6.92 Å². The second-order valence-electron chi connectivity index (χ2n) is 5.43. The second kappa shape index (κ2) is 5.18. The van der Waals surface area contributed by atoms with Gasteiger partial charge in [0.15, 0.2) is 5.43 Å². The Hall–Kier alpha value is -2.72. The van der Waals surface area contributed by atoms with Crippen LogP contribution < -0.4 is 11.1 Å². The molecule has 0 aliphatic rings. The first kappa shape index (κ1) is 13.9. The van der Waals surface area contributed by atoms with E-state index in [4.69, 9.17) is 4.42 Å². The van der Waals surface area contributed by atoms with Crippen molar-refractivity contribution < 1.29 is 4.42 Å². The molecule has 3 nitrogen and oxygen atoms in total. The lowest BCUT2D eigenvalue weighted by atomic mass is 10.1. The number of rotatable bonds is 1. The lowest BCUT2D eigenvalue weighted by Crippen LogP contribution is -2.11. The van der Waals surface area contributed by atoms with E-state index in [0.717, 1.165) is 21.4 Å². The molecule has 0 amide bonds. The standard InChI is InChI=1S/C19H12O3S/c1-11-6-8-12(9-7-11)16-10-14(20)17-18(23-16)13-4-2-3-5-15(13)22-19(17)21/h2-10H,1H3. The van der Waals surface area contributed by atoms with Crippen molar-refractivity contribution in [3.05, 3.63) is 80.8 Å². The predicted molar refractivity (Wildman–Crippen MR) is 94.3 cm³/mol. The minimum Gasteiger partial charge on any atom is -0.422 e. The molecule has 0 bridgehead atoms. The summed E-state index contributed by atoms with van der Waals surface area (Å²) in [5, 5.41) is 0.919. The Morgan fingerprint density at radius 3 is 2.48 bits per heavy atom. The van der Waals surface area contributed by atoms with E-state index in [2.05, 4.69) is 0 Å². The quantitative estimate of drug-likeness (QED) is 0.387. The Morgan fingerprint density at radius 2 is 1.70 bits per heavy atom. The molecule has 0 N–H and O–H groups in total. The first-order valence-corrected chi connectivity index (χ1v) is 8.02. The fourth-order valence-corrected chi connectivity index (χ4v) is 3.84. The topological polar surface area (TPSA) is 47.3 Å². The van der Waals surface area contributed by atoms with Crippen LogP contribution in [0, 0.1) is 6.92 Å². The number of hydrogen-bond donors (Lipinski definition) is 0. The van der Waals surface area contributed by atoms with Gasteiger partial charge in [0, 0.05) is 16.3 Å². The summed E-state index contributed by atoms with van der Waals surface area (Å²) in [6, 6.07) is 16.8. The largest absolute Gasteiger partial charge is 0.422 e. The molecule has 0 saturated heterocycles. The Balaban J connectivity index is 2.14. The molecule has 4 heteroatoms. The van der Waals surface area contributed by atoms with E-state index in [1.165, 1.54) is 17.4 Å². The highest BCUT2D eigenvalue weighted by Crippen LogP contribution is 2.31.